The summed E-state index contributed by atoms with van der Waals surface area (Å²) in [5, 5.41) is 6.53. The molecule has 0 bridgehead atoms. The fourth-order valence-corrected chi connectivity index (χ4v) is 4.97. The predicted octanol–water partition coefficient (Wildman–Crippen LogP) is 1.61. The molecule has 2 N–H and O–H groups in total. The number of rotatable bonds is 5. The maximum atomic E-state index is 11.6. The van der Waals surface area contributed by atoms with Crippen LogP contribution in [0.3, 0.4) is 0 Å². The van der Waals surface area contributed by atoms with Gasteiger partial charge in [-0.2, -0.15) is 0 Å². The first-order valence-corrected chi connectivity index (χ1v) is 10.6. The number of aliphatic imine (C=N–C) groups is 1. The van der Waals surface area contributed by atoms with Crippen molar-refractivity contribution in [1.82, 2.24) is 15.5 Å². The lowest BCUT2D eigenvalue weighted by atomic mass is 9.99. The molecule has 2 rings (SSSR count). The van der Waals surface area contributed by atoms with E-state index < -0.39 is 9.84 Å². The Morgan fingerprint density at radius 1 is 1.25 bits per heavy atom. The predicted molar refractivity (Wildman–Crippen MR) is 111 cm³/mol. The normalized spacial score (nSPS) is 25.1. The van der Waals surface area contributed by atoms with Crippen molar-refractivity contribution in [2.75, 3.05) is 37.7 Å². The van der Waals surface area contributed by atoms with E-state index in [-0.39, 0.29) is 47.1 Å². The zero-order valence-electron chi connectivity index (χ0n) is 15.2. The molecular weight excluding hydrogens is 439 g/mol. The molecule has 1 atom stereocenters. The first kappa shape index (κ1) is 22.0. The van der Waals surface area contributed by atoms with Crippen molar-refractivity contribution in [2.24, 2.45) is 4.99 Å². The third-order valence-corrected chi connectivity index (χ3v) is 6.52. The quantitative estimate of drug-likeness (QED) is 0.362. The molecule has 0 aliphatic carbocycles. The van der Waals surface area contributed by atoms with Crippen molar-refractivity contribution < 1.29 is 8.42 Å². The van der Waals surface area contributed by atoms with Crippen LogP contribution in [0.5, 0.6) is 0 Å². The van der Waals surface area contributed by atoms with E-state index in [0.29, 0.717) is 13.0 Å². The minimum atomic E-state index is -2.87. The minimum absolute atomic E-state index is 0. The highest BCUT2D eigenvalue weighted by atomic mass is 127. The number of piperidine rings is 1. The van der Waals surface area contributed by atoms with Crippen molar-refractivity contribution in [3.8, 4) is 0 Å². The summed E-state index contributed by atoms with van der Waals surface area (Å²) >= 11 is 0. The van der Waals surface area contributed by atoms with Gasteiger partial charge < -0.3 is 10.6 Å². The van der Waals surface area contributed by atoms with Crippen LogP contribution in [-0.4, -0.2) is 68.5 Å². The average molecular weight is 472 g/mol. The third kappa shape index (κ3) is 6.67. The summed E-state index contributed by atoms with van der Waals surface area (Å²) in [5.41, 5.74) is 0.0323. The minimum Gasteiger partial charge on any atom is -0.357 e. The molecule has 0 saturated carbocycles. The molecule has 0 aromatic rings. The van der Waals surface area contributed by atoms with Gasteiger partial charge in [0, 0.05) is 18.1 Å². The monoisotopic (exact) mass is 472 g/mol. The summed E-state index contributed by atoms with van der Waals surface area (Å²) in [7, 11) is -2.87. The van der Waals surface area contributed by atoms with Gasteiger partial charge in [-0.15, -0.1) is 24.0 Å². The number of nitrogens with zero attached hydrogens (tertiary/aromatic N) is 2. The van der Waals surface area contributed by atoms with E-state index in [0.717, 1.165) is 25.6 Å². The van der Waals surface area contributed by atoms with E-state index in [9.17, 15) is 8.42 Å². The van der Waals surface area contributed by atoms with Crippen LogP contribution in [0.4, 0.5) is 0 Å². The SMILES string of the molecule is CCNC(=NCC(C)(C)N1CCCCC1)NC1CCS(=O)(=O)C1.I. The van der Waals surface area contributed by atoms with Crippen LogP contribution in [0.1, 0.15) is 46.5 Å². The molecule has 24 heavy (non-hydrogen) atoms. The summed E-state index contributed by atoms with van der Waals surface area (Å²) in [6.45, 7) is 10.3. The molecule has 2 saturated heterocycles. The van der Waals surface area contributed by atoms with Gasteiger partial charge in [-0.05, 0) is 53.1 Å². The van der Waals surface area contributed by atoms with E-state index in [1.165, 1.54) is 19.3 Å². The van der Waals surface area contributed by atoms with Gasteiger partial charge >= 0.3 is 0 Å². The molecule has 6 nitrogen and oxygen atoms in total. The number of halogens is 1. The number of nitrogens with one attached hydrogen (secondary N) is 2. The van der Waals surface area contributed by atoms with Crippen molar-refractivity contribution in [1.29, 1.82) is 0 Å². The van der Waals surface area contributed by atoms with Gasteiger partial charge in [-0.3, -0.25) is 9.89 Å². The number of sulfone groups is 1. The second-order valence-corrected chi connectivity index (χ2v) is 9.53. The number of hydrogen-bond donors (Lipinski definition) is 2. The van der Waals surface area contributed by atoms with Gasteiger partial charge in [0.05, 0.1) is 18.1 Å². The van der Waals surface area contributed by atoms with Crippen molar-refractivity contribution in [3.05, 3.63) is 0 Å². The second-order valence-electron chi connectivity index (χ2n) is 7.30. The van der Waals surface area contributed by atoms with Crippen LogP contribution in [0, 0.1) is 0 Å². The molecule has 1 unspecified atom stereocenters. The van der Waals surface area contributed by atoms with E-state index >= 15 is 0 Å². The fraction of sp³-hybridized carbons (Fsp3) is 0.938. The molecule has 0 radical (unpaired) electrons. The number of hydrogen-bond acceptors (Lipinski definition) is 4. The van der Waals surface area contributed by atoms with Crippen molar-refractivity contribution >= 4 is 39.8 Å². The molecule has 2 aliphatic rings. The largest absolute Gasteiger partial charge is 0.357 e. The lowest BCUT2D eigenvalue weighted by Crippen LogP contribution is -2.50. The maximum absolute atomic E-state index is 11.6. The molecule has 0 aromatic carbocycles. The summed E-state index contributed by atoms with van der Waals surface area (Å²) in [4.78, 5) is 7.25. The highest BCUT2D eigenvalue weighted by Gasteiger charge is 2.30. The lowest BCUT2D eigenvalue weighted by molar-refractivity contribution is 0.102. The Balaban J connectivity index is 0.00000288. The van der Waals surface area contributed by atoms with Gasteiger partial charge in [0.15, 0.2) is 15.8 Å². The van der Waals surface area contributed by atoms with E-state index in [4.69, 9.17) is 4.99 Å². The molecule has 0 spiro atoms. The molecule has 2 aliphatic heterocycles. The van der Waals surface area contributed by atoms with E-state index in [1.54, 1.807) is 0 Å². The molecular formula is C16H33IN4O2S. The van der Waals surface area contributed by atoms with Gasteiger partial charge in [-0.25, -0.2) is 8.42 Å². The highest BCUT2D eigenvalue weighted by molar-refractivity contribution is 14.0. The molecule has 2 heterocycles. The topological polar surface area (TPSA) is 73.8 Å². The molecule has 2 fully saturated rings. The Morgan fingerprint density at radius 3 is 2.46 bits per heavy atom. The Labute approximate surface area is 164 Å². The second kappa shape index (κ2) is 9.56. The Kier molecular flexibility index (Phi) is 8.75. The zero-order valence-corrected chi connectivity index (χ0v) is 18.3. The van der Waals surface area contributed by atoms with E-state index in [2.05, 4.69) is 29.4 Å². The third-order valence-electron chi connectivity index (χ3n) is 4.75. The zero-order chi connectivity index (χ0) is 16.9. The summed E-state index contributed by atoms with van der Waals surface area (Å²) in [6.07, 6.45) is 4.54. The van der Waals surface area contributed by atoms with Crippen LogP contribution in [0.25, 0.3) is 0 Å². The first-order valence-electron chi connectivity index (χ1n) is 8.83. The summed E-state index contributed by atoms with van der Waals surface area (Å²) in [6, 6.07) is -0.0177. The van der Waals surface area contributed by atoms with Gasteiger partial charge in [0.25, 0.3) is 0 Å². The first-order chi connectivity index (χ1) is 10.8. The van der Waals surface area contributed by atoms with Gasteiger partial charge in [0.1, 0.15) is 0 Å². The molecule has 142 valence electrons. The number of likely N-dealkylation sites (tertiary alicyclic amines) is 1. The Hall–Kier alpha value is -0.0900. The van der Waals surface area contributed by atoms with Gasteiger partial charge in [0.2, 0.25) is 0 Å². The highest BCUT2D eigenvalue weighted by Crippen LogP contribution is 2.20. The van der Waals surface area contributed by atoms with Crippen LogP contribution < -0.4 is 10.6 Å². The van der Waals surface area contributed by atoms with Crippen molar-refractivity contribution in [3.63, 3.8) is 0 Å². The maximum Gasteiger partial charge on any atom is 0.191 e. The van der Waals surface area contributed by atoms with Crippen LogP contribution in [0.15, 0.2) is 4.99 Å². The Morgan fingerprint density at radius 2 is 1.92 bits per heavy atom. The number of guanidine groups is 1. The van der Waals surface area contributed by atoms with E-state index in [1.807, 2.05) is 6.92 Å². The van der Waals surface area contributed by atoms with Crippen LogP contribution >= 0.6 is 24.0 Å². The summed E-state index contributed by atoms with van der Waals surface area (Å²) < 4.78 is 23.2. The molecule has 0 amide bonds. The smallest absolute Gasteiger partial charge is 0.191 e. The van der Waals surface area contributed by atoms with Crippen LogP contribution in [0.2, 0.25) is 0 Å². The lowest BCUT2D eigenvalue weighted by Gasteiger charge is -2.40. The molecule has 8 heteroatoms. The summed E-state index contributed by atoms with van der Waals surface area (Å²) in [5.74, 6) is 1.23. The fourth-order valence-electron chi connectivity index (χ4n) is 3.29. The average Bonchev–Trinajstić information content (AvgIpc) is 2.85. The van der Waals surface area contributed by atoms with Crippen LogP contribution in [-0.2, 0) is 9.84 Å². The Bertz CT molecular complexity index is 516. The van der Waals surface area contributed by atoms with Gasteiger partial charge in [-0.1, -0.05) is 6.42 Å². The standard InChI is InChI=1S/C16H32N4O2S.HI/c1-4-17-15(19-14-8-11-23(21,22)12-14)18-13-16(2,3)20-9-6-5-7-10-20;/h14H,4-13H2,1-3H3,(H2,17,18,19);1H. The van der Waals surface area contributed by atoms with Crippen molar-refractivity contribution in [2.45, 2.75) is 58.0 Å². The molecule has 0 aromatic heterocycles.